The number of rotatable bonds is 5. The van der Waals surface area contributed by atoms with Crippen LogP contribution in [0.25, 0.3) is 0 Å². The minimum absolute atomic E-state index is 0.718. The van der Waals surface area contributed by atoms with Gasteiger partial charge in [0.2, 0.25) is 0 Å². The van der Waals surface area contributed by atoms with E-state index in [4.69, 9.17) is 4.74 Å². The fourth-order valence-corrected chi connectivity index (χ4v) is 4.20. The third kappa shape index (κ3) is 4.44. The summed E-state index contributed by atoms with van der Waals surface area (Å²) in [5.41, 5.74) is 1.45. The summed E-state index contributed by atoms with van der Waals surface area (Å²) in [6.07, 6.45) is 2.62. The average molecular weight is 292 g/mol. The fraction of sp³-hybridized carbons (Fsp3) is 0.647. The summed E-state index contributed by atoms with van der Waals surface area (Å²) in [6, 6.07) is 9.34. The molecule has 0 amide bonds. The fourth-order valence-electron chi connectivity index (χ4n) is 3.03. The van der Waals surface area contributed by atoms with Crippen LogP contribution in [-0.4, -0.2) is 39.8 Å². The summed E-state index contributed by atoms with van der Waals surface area (Å²) in [5.74, 6) is 0.718. The molecular weight excluding hydrogens is 262 g/mol. The highest BCUT2D eigenvalue weighted by Gasteiger charge is 2.20. The van der Waals surface area contributed by atoms with Gasteiger partial charge in [-0.3, -0.25) is 4.90 Å². The molecule has 0 radical (unpaired) electrons. The van der Waals surface area contributed by atoms with E-state index in [0.29, 0.717) is 0 Å². The van der Waals surface area contributed by atoms with Crippen molar-refractivity contribution in [1.29, 1.82) is 0 Å². The lowest BCUT2D eigenvalue weighted by Gasteiger charge is -2.32. The SMILES string of the molecule is COCC1CCCN(Cc2ccc([Si](C)(C)C)cc2)C1. The van der Waals surface area contributed by atoms with Gasteiger partial charge in [0.1, 0.15) is 0 Å². The van der Waals surface area contributed by atoms with Crippen LogP contribution < -0.4 is 5.19 Å². The average Bonchev–Trinajstić information content (AvgIpc) is 2.39. The first-order valence-corrected chi connectivity index (χ1v) is 11.3. The topological polar surface area (TPSA) is 12.5 Å². The van der Waals surface area contributed by atoms with Gasteiger partial charge in [-0.25, -0.2) is 0 Å². The Kier molecular flexibility index (Phi) is 5.41. The number of likely N-dealkylation sites (tertiary alicyclic amines) is 1. The van der Waals surface area contributed by atoms with E-state index >= 15 is 0 Å². The van der Waals surface area contributed by atoms with Gasteiger partial charge in [0.05, 0.1) is 14.7 Å². The summed E-state index contributed by atoms with van der Waals surface area (Å²) in [4.78, 5) is 2.58. The predicted octanol–water partition coefficient (Wildman–Crippen LogP) is 3.09. The van der Waals surface area contributed by atoms with Crippen LogP contribution in [0.1, 0.15) is 18.4 Å². The number of nitrogens with zero attached hydrogens (tertiary/aromatic N) is 1. The van der Waals surface area contributed by atoms with E-state index in [1.54, 1.807) is 5.19 Å². The van der Waals surface area contributed by atoms with Crippen LogP contribution >= 0.6 is 0 Å². The van der Waals surface area contributed by atoms with E-state index in [0.717, 1.165) is 19.1 Å². The molecule has 1 saturated heterocycles. The molecule has 112 valence electrons. The third-order valence-electron chi connectivity index (χ3n) is 4.23. The Morgan fingerprint density at radius 3 is 2.50 bits per heavy atom. The molecule has 1 aliphatic rings. The number of methoxy groups -OCH3 is 1. The van der Waals surface area contributed by atoms with Crippen LogP contribution in [-0.2, 0) is 11.3 Å². The van der Waals surface area contributed by atoms with Crippen molar-refractivity contribution in [2.45, 2.75) is 39.0 Å². The molecule has 0 aromatic heterocycles. The van der Waals surface area contributed by atoms with Crippen molar-refractivity contribution in [2.24, 2.45) is 5.92 Å². The van der Waals surface area contributed by atoms with E-state index < -0.39 is 8.07 Å². The zero-order chi connectivity index (χ0) is 14.6. The van der Waals surface area contributed by atoms with E-state index in [2.05, 4.69) is 48.8 Å². The molecule has 1 aromatic rings. The van der Waals surface area contributed by atoms with Gasteiger partial charge in [-0.2, -0.15) is 0 Å². The molecular formula is C17H29NOSi. The normalized spacial score (nSPS) is 21.1. The molecule has 0 bridgehead atoms. The van der Waals surface area contributed by atoms with Crippen LogP contribution in [0.5, 0.6) is 0 Å². The number of piperidine rings is 1. The molecule has 2 rings (SSSR count). The molecule has 0 aliphatic carbocycles. The molecule has 3 heteroatoms. The molecule has 1 fully saturated rings. The molecule has 0 N–H and O–H groups in total. The summed E-state index contributed by atoms with van der Waals surface area (Å²) >= 11 is 0. The first kappa shape index (κ1) is 15.7. The van der Waals surface area contributed by atoms with Gasteiger partial charge in [0, 0.05) is 20.2 Å². The predicted molar refractivity (Wildman–Crippen MR) is 89.3 cm³/mol. The van der Waals surface area contributed by atoms with Crippen molar-refractivity contribution in [3.63, 3.8) is 0 Å². The first-order valence-electron chi connectivity index (χ1n) is 7.80. The first-order chi connectivity index (χ1) is 9.49. The van der Waals surface area contributed by atoms with Gasteiger partial charge in [-0.15, -0.1) is 0 Å². The highest BCUT2D eigenvalue weighted by atomic mass is 28.3. The Hall–Kier alpha value is -0.643. The highest BCUT2D eigenvalue weighted by molar-refractivity contribution is 6.88. The van der Waals surface area contributed by atoms with Gasteiger partial charge in [0.25, 0.3) is 0 Å². The molecule has 0 saturated carbocycles. The van der Waals surface area contributed by atoms with Crippen molar-refractivity contribution in [1.82, 2.24) is 4.90 Å². The maximum atomic E-state index is 5.31. The number of ether oxygens (including phenoxy) is 1. The summed E-state index contributed by atoms with van der Waals surface area (Å²) in [5, 5.41) is 1.55. The molecule has 0 spiro atoms. The molecule has 1 heterocycles. The molecule has 2 nitrogen and oxygen atoms in total. The zero-order valence-electron chi connectivity index (χ0n) is 13.5. The summed E-state index contributed by atoms with van der Waals surface area (Å²) in [6.45, 7) is 11.6. The maximum Gasteiger partial charge on any atom is 0.0775 e. The minimum Gasteiger partial charge on any atom is -0.384 e. The molecule has 1 aromatic carbocycles. The van der Waals surface area contributed by atoms with Crippen LogP contribution in [0.15, 0.2) is 24.3 Å². The smallest absolute Gasteiger partial charge is 0.0775 e. The number of hydrogen-bond acceptors (Lipinski definition) is 2. The second-order valence-electron chi connectivity index (χ2n) is 7.15. The van der Waals surface area contributed by atoms with E-state index in [1.165, 1.54) is 31.5 Å². The minimum atomic E-state index is -1.16. The monoisotopic (exact) mass is 291 g/mol. The molecule has 1 unspecified atom stereocenters. The highest BCUT2D eigenvalue weighted by Crippen LogP contribution is 2.18. The van der Waals surface area contributed by atoms with E-state index in [1.807, 2.05) is 7.11 Å². The van der Waals surface area contributed by atoms with E-state index in [-0.39, 0.29) is 0 Å². The standard InChI is InChI=1S/C17H29NOSi/c1-19-14-16-6-5-11-18(13-16)12-15-7-9-17(10-8-15)20(2,3)4/h7-10,16H,5-6,11-14H2,1-4H3. The Labute approximate surface area is 125 Å². The van der Waals surface area contributed by atoms with Gasteiger partial charge in [-0.1, -0.05) is 49.1 Å². The van der Waals surface area contributed by atoms with Crippen molar-refractivity contribution in [3.05, 3.63) is 29.8 Å². The lowest BCUT2D eigenvalue weighted by molar-refractivity contribution is 0.0874. The van der Waals surface area contributed by atoms with Crippen LogP contribution in [0.3, 0.4) is 0 Å². The molecule has 1 atom stereocenters. The summed E-state index contributed by atoms with van der Waals surface area (Å²) in [7, 11) is 0.653. The van der Waals surface area contributed by atoms with Gasteiger partial charge >= 0.3 is 0 Å². The lowest BCUT2D eigenvalue weighted by Crippen LogP contribution is -2.38. The van der Waals surface area contributed by atoms with Crippen LogP contribution in [0.4, 0.5) is 0 Å². The van der Waals surface area contributed by atoms with Crippen molar-refractivity contribution < 1.29 is 4.74 Å². The number of hydrogen-bond donors (Lipinski definition) is 0. The Bertz CT molecular complexity index is 408. The van der Waals surface area contributed by atoms with Gasteiger partial charge in [-0.05, 0) is 30.9 Å². The van der Waals surface area contributed by atoms with Crippen LogP contribution in [0, 0.1) is 5.92 Å². The number of benzene rings is 1. The Morgan fingerprint density at radius 1 is 1.20 bits per heavy atom. The Balaban J connectivity index is 1.93. The molecule has 1 aliphatic heterocycles. The van der Waals surface area contributed by atoms with Crippen molar-refractivity contribution in [2.75, 3.05) is 26.8 Å². The lowest BCUT2D eigenvalue weighted by atomic mass is 9.98. The van der Waals surface area contributed by atoms with Gasteiger partial charge in [0.15, 0.2) is 0 Å². The largest absolute Gasteiger partial charge is 0.384 e. The van der Waals surface area contributed by atoms with E-state index in [9.17, 15) is 0 Å². The maximum absolute atomic E-state index is 5.31. The van der Waals surface area contributed by atoms with Crippen molar-refractivity contribution in [3.8, 4) is 0 Å². The second kappa shape index (κ2) is 6.88. The van der Waals surface area contributed by atoms with Gasteiger partial charge < -0.3 is 4.74 Å². The van der Waals surface area contributed by atoms with Crippen LogP contribution in [0.2, 0.25) is 19.6 Å². The molecule has 20 heavy (non-hydrogen) atoms. The third-order valence-corrected chi connectivity index (χ3v) is 6.30. The summed E-state index contributed by atoms with van der Waals surface area (Å²) < 4.78 is 5.31. The second-order valence-corrected chi connectivity index (χ2v) is 12.2. The quantitative estimate of drug-likeness (QED) is 0.773. The zero-order valence-corrected chi connectivity index (χ0v) is 14.5. The Morgan fingerprint density at radius 2 is 1.90 bits per heavy atom. The van der Waals surface area contributed by atoms with Crippen molar-refractivity contribution >= 4 is 13.3 Å².